The Kier molecular flexibility index (Phi) is 3.38. The van der Waals surface area contributed by atoms with Crippen LogP contribution in [0.5, 0.6) is 0 Å². The molecule has 0 radical (unpaired) electrons. The predicted octanol–water partition coefficient (Wildman–Crippen LogP) is 0.366. The maximum absolute atomic E-state index is 11.1. The second-order valence-electron chi connectivity index (χ2n) is 2.37. The first-order chi connectivity index (χ1) is 6.57. The van der Waals surface area contributed by atoms with Gasteiger partial charge >= 0.3 is 0 Å². The molecule has 0 saturated carbocycles. The van der Waals surface area contributed by atoms with E-state index in [0.717, 1.165) is 16.3 Å². The standard InChI is InChI=1S/C6H8N4O2S2/c1-2-5-8-9-6(13-5)10-14(11,12)4-3-7/h2,4H2,1H3,(H,9,10). The fraction of sp³-hybridized carbons (Fsp3) is 0.500. The van der Waals surface area contributed by atoms with Crippen molar-refractivity contribution in [1.29, 1.82) is 5.26 Å². The number of aromatic nitrogens is 2. The van der Waals surface area contributed by atoms with Crippen molar-refractivity contribution in [2.24, 2.45) is 0 Å². The van der Waals surface area contributed by atoms with Gasteiger partial charge in [0.15, 0.2) is 5.75 Å². The summed E-state index contributed by atoms with van der Waals surface area (Å²) in [5.74, 6) is -0.575. The van der Waals surface area contributed by atoms with Crippen LogP contribution in [0.25, 0.3) is 0 Å². The summed E-state index contributed by atoms with van der Waals surface area (Å²) < 4.78 is 24.4. The number of aryl methyl sites for hydroxylation is 1. The molecule has 0 aliphatic heterocycles. The van der Waals surface area contributed by atoms with Gasteiger partial charge in [0.05, 0.1) is 6.07 Å². The third-order valence-electron chi connectivity index (χ3n) is 1.27. The van der Waals surface area contributed by atoms with Crippen molar-refractivity contribution in [3.05, 3.63) is 5.01 Å². The Balaban J connectivity index is 2.75. The van der Waals surface area contributed by atoms with E-state index in [-0.39, 0.29) is 5.13 Å². The van der Waals surface area contributed by atoms with Crippen LogP contribution in [0.2, 0.25) is 0 Å². The number of nitriles is 1. The van der Waals surface area contributed by atoms with Gasteiger partial charge in [-0.05, 0) is 6.42 Å². The topological polar surface area (TPSA) is 95.7 Å². The average Bonchev–Trinajstić information content (AvgIpc) is 2.51. The number of sulfonamides is 1. The molecule has 0 spiro atoms. The molecule has 0 fully saturated rings. The van der Waals surface area contributed by atoms with E-state index in [0.29, 0.717) is 6.42 Å². The van der Waals surface area contributed by atoms with Crippen LogP contribution in [-0.4, -0.2) is 24.4 Å². The zero-order valence-electron chi connectivity index (χ0n) is 7.39. The summed E-state index contributed by atoms with van der Waals surface area (Å²) in [6.45, 7) is 1.90. The van der Waals surface area contributed by atoms with Crippen LogP contribution in [0.1, 0.15) is 11.9 Å². The molecule has 0 unspecified atom stereocenters. The second-order valence-corrected chi connectivity index (χ2v) is 5.16. The van der Waals surface area contributed by atoms with Gasteiger partial charge in [-0.3, -0.25) is 4.72 Å². The Labute approximate surface area is 85.6 Å². The molecule has 0 bridgehead atoms. The van der Waals surface area contributed by atoms with E-state index in [1.54, 1.807) is 6.07 Å². The highest BCUT2D eigenvalue weighted by atomic mass is 32.2. The number of nitrogens with one attached hydrogen (secondary N) is 1. The largest absolute Gasteiger partial charge is 0.256 e. The lowest BCUT2D eigenvalue weighted by molar-refractivity contribution is 0.604. The summed E-state index contributed by atoms with van der Waals surface area (Å²) in [5, 5.41) is 16.5. The Morgan fingerprint density at radius 2 is 2.29 bits per heavy atom. The second kappa shape index (κ2) is 4.34. The summed E-state index contributed by atoms with van der Waals surface area (Å²) >= 11 is 1.16. The number of hydrogen-bond donors (Lipinski definition) is 1. The maximum atomic E-state index is 11.1. The highest BCUT2D eigenvalue weighted by Gasteiger charge is 2.12. The van der Waals surface area contributed by atoms with Gasteiger partial charge in [-0.15, -0.1) is 10.2 Å². The van der Waals surface area contributed by atoms with Crippen molar-refractivity contribution in [3.8, 4) is 6.07 Å². The van der Waals surface area contributed by atoms with E-state index in [4.69, 9.17) is 5.26 Å². The SMILES string of the molecule is CCc1nnc(NS(=O)(=O)CC#N)s1. The first-order valence-corrected chi connectivity index (χ1v) is 6.24. The highest BCUT2D eigenvalue weighted by molar-refractivity contribution is 7.93. The van der Waals surface area contributed by atoms with E-state index in [1.165, 1.54) is 0 Å². The monoisotopic (exact) mass is 232 g/mol. The molecule has 0 aliphatic carbocycles. The number of hydrogen-bond acceptors (Lipinski definition) is 6. The minimum absolute atomic E-state index is 0.206. The van der Waals surface area contributed by atoms with Gasteiger partial charge in [0.2, 0.25) is 15.2 Å². The Hall–Kier alpha value is -1.20. The van der Waals surface area contributed by atoms with Gasteiger partial charge in [-0.1, -0.05) is 18.3 Å². The van der Waals surface area contributed by atoms with Crippen molar-refractivity contribution in [1.82, 2.24) is 10.2 Å². The zero-order valence-corrected chi connectivity index (χ0v) is 9.02. The summed E-state index contributed by atoms with van der Waals surface area (Å²) in [7, 11) is -3.58. The summed E-state index contributed by atoms with van der Waals surface area (Å²) in [6.07, 6.45) is 0.706. The molecular formula is C6H8N4O2S2. The average molecular weight is 232 g/mol. The molecule has 1 rings (SSSR count). The Morgan fingerprint density at radius 3 is 2.79 bits per heavy atom. The minimum Gasteiger partial charge on any atom is -0.256 e. The van der Waals surface area contributed by atoms with E-state index < -0.39 is 15.8 Å². The quantitative estimate of drug-likeness (QED) is 0.808. The fourth-order valence-corrected chi connectivity index (χ4v) is 2.32. The molecular weight excluding hydrogens is 224 g/mol. The molecule has 76 valence electrons. The molecule has 0 aliphatic rings. The molecule has 1 N–H and O–H groups in total. The lowest BCUT2D eigenvalue weighted by Gasteiger charge is -1.97. The van der Waals surface area contributed by atoms with Gasteiger partial charge in [0.25, 0.3) is 0 Å². The van der Waals surface area contributed by atoms with Gasteiger partial charge < -0.3 is 0 Å². The van der Waals surface area contributed by atoms with Crippen LogP contribution in [0.15, 0.2) is 0 Å². The molecule has 1 aromatic heterocycles. The fourth-order valence-electron chi connectivity index (χ4n) is 0.692. The molecule has 0 aromatic carbocycles. The van der Waals surface area contributed by atoms with Crippen molar-refractivity contribution in [3.63, 3.8) is 0 Å². The van der Waals surface area contributed by atoms with E-state index >= 15 is 0 Å². The minimum atomic E-state index is -3.58. The smallest absolute Gasteiger partial charge is 0.248 e. The van der Waals surface area contributed by atoms with Crippen LogP contribution in [0, 0.1) is 11.3 Å². The van der Waals surface area contributed by atoms with Crippen molar-refractivity contribution >= 4 is 26.5 Å². The third-order valence-corrected chi connectivity index (χ3v) is 3.39. The zero-order chi connectivity index (χ0) is 10.6. The summed E-state index contributed by atoms with van der Waals surface area (Å²) in [6, 6.07) is 1.55. The van der Waals surface area contributed by atoms with Crippen LogP contribution in [-0.2, 0) is 16.4 Å². The molecule has 1 heterocycles. The molecule has 0 amide bonds. The molecule has 0 saturated heterocycles. The Bertz CT molecular complexity index is 445. The van der Waals surface area contributed by atoms with Gasteiger partial charge in [0, 0.05) is 0 Å². The lowest BCUT2D eigenvalue weighted by Crippen LogP contribution is -2.15. The van der Waals surface area contributed by atoms with Gasteiger partial charge in [-0.25, -0.2) is 8.42 Å². The van der Waals surface area contributed by atoms with Gasteiger partial charge in [0.1, 0.15) is 5.01 Å². The number of anilines is 1. The predicted molar refractivity (Wildman–Crippen MR) is 52.3 cm³/mol. The van der Waals surface area contributed by atoms with Crippen molar-refractivity contribution in [2.75, 3.05) is 10.5 Å². The number of nitrogens with zero attached hydrogens (tertiary/aromatic N) is 3. The highest BCUT2D eigenvalue weighted by Crippen LogP contribution is 2.16. The van der Waals surface area contributed by atoms with Crippen LogP contribution in [0.4, 0.5) is 5.13 Å². The molecule has 0 atom stereocenters. The van der Waals surface area contributed by atoms with E-state index in [9.17, 15) is 8.42 Å². The van der Waals surface area contributed by atoms with Crippen LogP contribution in [0.3, 0.4) is 0 Å². The van der Waals surface area contributed by atoms with Crippen LogP contribution < -0.4 is 4.72 Å². The maximum Gasteiger partial charge on any atom is 0.248 e. The van der Waals surface area contributed by atoms with Crippen molar-refractivity contribution in [2.45, 2.75) is 13.3 Å². The first-order valence-electron chi connectivity index (χ1n) is 3.77. The molecule has 8 heteroatoms. The molecule has 6 nitrogen and oxygen atoms in total. The Morgan fingerprint density at radius 1 is 1.57 bits per heavy atom. The van der Waals surface area contributed by atoms with E-state index in [1.807, 2.05) is 6.92 Å². The van der Waals surface area contributed by atoms with Crippen LogP contribution >= 0.6 is 11.3 Å². The van der Waals surface area contributed by atoms with E-state index in [2.05, 4.69) is 14.9 Å². The molecule has 14 heavy (non-hydrogen) atoms. The third kappa shape index (κ3) is 2.93. The molecule has 1 aromatic rings. The summed E-state index contributed by atoms with van der Waals surface area (Å²) in [4.78, 5) is 0. The van der Waals surface area contributed by atoms with Gasteiger partial charge in [-0.2, -0.15) is 5.26 Å². The normalized spacial score (nSPS) is 10.9. The summed E-state index contributed by atoms with van der Waals surface area (Å²) in [5.41, 5.74) is 0. The lowest BCUT2D eigenvalue weighted by atomic mass is 10.5. The first kappa shape index (κ1) is 10.9. The van der Waals surface area contributed by atoms with Crippen molar-refractivity contribution < 1.29 is 8.42 Å². The number of rotatable bonds is 4.